The molecule has 0 aliphatic carbocycles. The number of esters is 1. The molecule has 0 amide bonds. The monoisotopic (exact) mass is 220 g/mol. The van der Waals surface area contributed by atoms with E-state index in [1.54, 1.807) is 19.1 Å². The Hall–Kier alpha value is -1.88. The fraction of sp³-hybridized carbons (Fsp3) is 0.273. The Kier molecular flexibility index (Phi) is 2.62. The lowest BCUT2D eigenvalue weighted by molar-refractivity contribution is 0.0590. The average molecular weight is 220 g/mol. The smallest absolute Gasteiger partial charge is 0.359 e. The molecule has 2 rings (SSSR count). The van der Waals surface area contributed by atoms with E-state index in [9.17, 15) is 9.90 Å². The van der Waals surface area contributed by atoms with E-state index in [4.69, 9.17) is 0 Å². The van der Waals surface area contributed by atoms with Crippen LogP contribution in [0.2, 0.25) is 0 Å². The van der Waals surface area contributed by atoms with Crippen molar-refractivity contribution < 1.29 is 14.6 Å². The minimum atomic E-state index is -0.789. The first-order chi connectivity index (χ1) is 7.65. The normalized spacial score (nSPS) is 12.7. The maximum absolute atomic E-state index is 11.5. The van der Waals surface area contributed by atoms with Crippen LogP contribution in [0, 0.1) is 0 Å². The van der Waals surface area contributed by atoms with Gasteiger partial charge < -0.3 is 9.84 Å². The number of carbonyl (C=O) groups is 1. The van der Waals surface area contributed by atoms with Gasteiger partial charge in [-0.1, -0.05) is 18.2 Å². The number of aliphatic hydroxyl groups is 1. The largest absolute Gasteiger partial charge is 0.464 e. The third-order valence-corrected chi connectivity index (χ3v) is 2.35. The molecular weight excluding hydrogens is 208 g/mol. The number of nitrogens with zero attached hydrogens (tertiary/aromatic N) is 2. The van der Waals surface area contributed by atoms with Crippen LogP contribution in [0.25, 0.3) is 10.9 Å². The number of fused-ring (bicyclic) bond motifs is 1. The molecule has 2 aromatic rings. The molecule has 0 bridgehead atoms. The molecule has 5 nitrogen and oxygen atoms in total. The van der Waals surface area contributed by atoms with Crippen molar-refractivity contribution >= 4 is 16.9 Å². The Morgan fingerprint density at radius 1 is 1.50 bits per heavy atom. The maximum atomic E-state index is 11.5. The summed E-state index contributed by atoms with van der Waals surface area (Å²) in [5.41, 5.74) is 0.928. The second-order valence-corrected chi connectivity index (χ2v) is 3.43. The van der Waals surface area contributed by atoms with E-state index in [1.807, 2.05) is 12.1 Å². The zero-order chi connectivity index (χ0) is 11.7. The van der Waals surface area contributed by atoms with Gasteiger partial charge in [-0.3, -0.25) is 0 Å². The first kappa shape index (κ1) is 10.6. The minimum absolute atomic E-state index is 0.221. The van der Waals surface area contributed by atoms with Crippen molar-refractivity contribution in [3.8, 4) is 0 Å². The molecule has 0 aliphatic rings. The summed E-state index contributed by atoms with van der Waals surface area (Å²) < 4.78 is 6.03. The van der Waals surface area contributed by atoms with Crippen LogP contribution in [0.4, 0.5) is 0 Å². The summed E-state index contributed by atoms with van der Waals surface area (Å²) in [6.45, 7) is 1.58. The van der Waals surface area contributed by atoms with Crippen LogP contribution in [0.5, 0.6) is 0 Å². The highest BCUT2D eigenvalue weighted by Crippen LogP contribution is 2.21. The number of aliphatic hydroxyl groups excluding tert-OH is 1. The van der Waals surface area contributed by atoms with E-state index < -0.39 is 12.2 Å². The topological polar surface area (TPSA) is 64.3 Å². The van der Waals surface area contributed by atoms with Crippen molar-refractivity contribution in [2.24, 2.45) is 0 Å². The molecule has 16 heavy (non-hydrogen) atoms. The fourth-order valence-electron chi connectivity index (χ4n) is 1.62. The van der Waals surface area contributed by atoms with Crippen molar-refractivity contribution in [1.82, 2.24) is 9.78 Å². The summed E-state index contributed by atoms with van der Waals surface area (Å²) in [5, 5.41) is 14.3. The van der Waals surface area contributed by atoms with Crippen molar-refractivity contribution in [3.63, 3.8) is 0 Å². The number of ether oxygens (including phenoxy) is 1. The van der Waals surface area contributed by atoms with E-state index in [1.165, 1.54) is 11.8 Å². The summed E-state index contributed by atoms with van der Waals surface area (Å²) in [5.74, 6) is -0.504. The highest BCUT2D eigenvalue weighted by Gasteiger charge is 2.18. The maximum Gasteiger partial charge on any atom is 0.359 e. The van der Waals surface area contributed by atoms with Crippen LogP contribution in [0.1, 0.15) is 23.6 Å². The third-order valence-electron chi connectivity index (χ3n) is 2.35. The molecule has 1 aromatic carbocycles. The Morgan fingerprint density at radius 3 is 2.81 bits per heavy atom. The van der Waals surface area contributed by atoms with E-state index in [0.717, 1.165) is 0 Å². The van der Waals surface area contributed by atoms with E-state index in [2.05, 4.69) is 9.84 Å². The van der Waals surface area contributed by atoms with Gasteiger partial charge in [-0.05, 0) is 13.0 Å². The van der Waals surface area contributed by atoms with Crippen LogP contribution in [-0.2, 0) is 4.74 Å². The SMILES string of the molecule is COC(=O)c1nn(C(C)O)c2ccccc12. The number of carbonyl (C=O) groups excluding carboxylic acids is 1. The Balaban J connectivity index is 2.71. The predicted octanol–water partition coefficient (Wildman–Crippen LogP) is 1.33. The highest BCUT2D eigenvalue weighted by atomic mass is 16.5. The second-order valence-electron chi connectivity index (χ2n) is 3.43. The van der Waals surface area contributed by atoms with Gasteiger partial charge in [0, 0.05) is 5.39 Å². The first-order valence-electron chi connectivity index (χ1n) is 4.88. The summed E-state index contributed by atoms with van der Waals surface area (Å²) in [7, 11) is 1.30. The molecule has 0 spiro atoms. The molecule has 1 aromatic heterocycles. The Morgan fingerprint density at radius 2 is 2.19 bits per heavy atom. The molecule has 0 aliphatic heterocycles. The number of hydrogen-bond acceptors (Lipinski definition) is 4. The molecule has 1 heterocycles. The molecule has 0 radical (unpaired) electrons. The van der Waals surface area contributed by atoms with Gasteiger partial charge in [0.15, 0.2) is 5.69 Å². The minimum Gasteiger partial charge on any atom is -0.464 e. The van der Waals surface area contributed by atoms with Gasteiger partial charge in [0.1, 0.15) is 6.23 Å². The highest BCUT2D eigenvalue weighted by molar-refractivity contribution is 6.02. The lowest BCUT2D eigenvalue weighted by Crippen LogP contribution is -2.08. The summed E-state index contributed by atoms with van der Waals surface area (Å²) in [4.78, 5) is 11.5. The zero-order valence-electron chi connectivity index (χ0n) is 9.04. The molecule has 0 fully saturated rings. The van der Waals surface area contributed by atoms with Gasteiger partial charge in [0.25, 0.3) is 0 Å². The van der Waals surface area contributed by atoms with Gasteiger partial charge in [-0.15, -0.1) is 0 Å². The molecule has 84 valence electrons. The van der Waals surface area contributed by atoms with Gasteiger partial charge in [-0.2, -0.15) is 5.10 Å². The molecule has 1 unspecified atom stereocenters. The molecule has 5 heteroatoms. The molecule has 1 N–H and O–H groups in total. The van der Waals surface area contributed by atoms with E-state index >= 15 is 0 Å². The standard InChI is InChI=1S/C11H12N2O3/c1-7(14)13-9-6-4-3-5-8(9)10(12-13)11(15)16-2/h3-7,14H,1-2H3. The van der Waals surface area contributed by atoms with Crippen LogP contribution in [0.3, 0.4) is 0 Å². The predicted molar refractivity (Wildman–Crippen MR) is 58.0 cm³/mol. The summed E-state index contributed by atoms with van der Waals surface area (Å²) >= 11 is 0. The number of para-hydroxylation sites is 1. The molecule has 0 saturated heterocycles. The van der Waals surface area contributed by atoms with Gasteiger partial charge >= 0.3 is 5.97 Å². The summed E-state index contributed by atoms with van der Waals surface area (Å²) in [6, 6.07) is 7.20. The summed E-state index contributed by atoms with van der Waals surface area (Å²) in [6.07, 6.45) is -0.789. The van der Waals surface area contributed by atoms with Crippen LogP contribution >= 0.6 is 0 Å². The first-order valence-corrected chi connectivity index (χ1v) is 4.88. The number of hydrogen-bond donors (Lipinski definition) is 1. The lowest BCUT2D eigenvalue weighted by Gasteiger charge is -2.04. The number of methoxy groups -OCH3 is 1. The van der Waals surface area contributed by atoms with Gasteiger partial charge in [0.05, 0.1) is 12.6 Å². The third kappa shape index (κ3) is 1.55. The van der Waals surface area contributed by atoms with Crippen LogP contribution in [0.15, 0.2) is 24.3 Å². The number of aromatic nitrogens is 2. The van der Waals surface area contributed by atoms with E-state index in [-0.39, 0.29) is 5.69 Å². The van der Waals surface area contributed by atoms with Crippen LogP contribution < -0.4 is 0 Å². The van der Waals surface area contributed by atoms with E-state index in [0.29, 0.717) is 10.9 Å². The zero-order valence-corrected chi connectivity index (χ0v) is 9.04. The molecule has 1 atom stereocenters. The van der Waals surface area contributed by atoms with Crippen molar-refractivity contribution in [2.45, 2.75) is 13.2 Å². The Bertz CT molecular complexity index is 531. The van der Waals surface area contributed by atoms with Crippen molar-refractivity contribution in [1.29, 1.82) is 0 Å². The quantitative estimate of drug-likeness (QED) is 0.775. The van der Waals surface area contributed by atoms with Crippen molar-refractivity contribution in [3.05, 3.63) is 30.0 Å². The fourth-order valence-corrected chi connectivity index (χ4v) is 1.62. The average Bonchev–Trinajstić information content (AvgIpc) is 2.67. The second kappa shape index (κ2) is 3.94. The number of rotatable bonds is 2. The molecular formula is C11H12N2O3. The van der Waals surface area contributed by atoms with Gasteiger partial charge in [-0.25, -0.2) is 9.48 Å². The van der Waals surface area contributed by atoms with Crippen LogP contribution in [-0.4, -0.2) is 28.0 Å². The van der Waals surface area contributed by atoms with Crippen molar-refractivity contribution in [2.75, 3.05) is 7.11 Å². The van der Waals surface area contributed by atoms with Gasteiger partial charge in [0.2, 0.25) is 0 Å². The number of benzene rings is 1. The lowest BCUT2D eigenvalue weighted by atomic mass is 10.2. The molecule has 0 saturated carbocycles. The Labute approximate surface area is 92.2 Å².